The maximum absolute atomic E-state index is 12.4. The molecule has 2 amide bonds. The molecule has 2 aliphatic heterocycles. The van der Waals surface area contributed by atoms with E-state index in [0.717, 1.165) is 11.2 Å². The zero-order valence-electron chi connectivity index (χ0n) is 13.8. The van der Waals surface area contributed by atoms with E-state index in [4.69, 9.17) is 0 Å². The monoisotopic (exact) mass is 434 g/mol. The van der Waals surface area contributed by atoms with Gasteiger partial charge in [0, 0.05) is 17.8 Å². The Labute approximate surface area is 161 Å². The summed E-state index contributed by atoms with van der Waals surface area (Å²) < 4.78 is 22.4. The molecule has 2 atom stereocenters. The second kappa shape index (κ2) is 7.47. The second-order valence-corrected chi connectivity index (χ2v) is 9.95. The van der Waals surface area contributed by atoms with Gasteiger partial charge in [0.15, 0.2) is 9.84 Å². The normalized spacial score (nSPS) is 22.3. The van der Waals surface area contributed by atoms with E-state index in [1.807, 2.05) is 0 Å². The van der Waals surface area contributed by atoms with Crippen molar-refractivity contribution in [1.82, 2.24) is 30.8 Å². The molecule has 146 valence electrons. The van der Waals surface area contributed by atoms with Gasteiger partial charge in [0.05, 0.1) is 0 Å². The van der Waals surface area contributed by atoms with Crippen LogP contribution in [0.1, 0.15) is 0 Å². The van der Waals surface area contributed by atoms with Gasteiger partial charge in [-0.3, -0.25) is 14.5 Å². The zero-order valence-corrected chi connectivity index (χ0v) is 16.2. The molecule has 12 nitrogen and oxygen atoms in total. The van der Waals surface area contributed by atoms with Gasteiger partial charge in [-0.15, -0.1) is 22.0 Å². The molecule has 0 spiro atoms. The van der Waals surface area contributed by atoms with Crippen LogP contribution in [0.2, 0.25) is 0 Å². The van der Waals surface area contributed by atoms with Crippen LogP contribution in [0.15, 0.2) is 16.4 Å². The van der Waals surface area contributed by atoms with E-state index in [1.54, 1.807) is 0 Å². The SMILES string of the molecule is CS(=O)(=O)CC(=O)N[C@@H]1C(=O)N2C(C(=O)O)=C(CSc3nn[nH]n3)CS[C@H]12. The van der Waals surface area contributed by atoms with E-state index < -0.39 is 44.8 Å². The molecule has 15 heteroatoms. The number of amides is 2. The number of carbonyl (C=O) groups is 3. The van der Waals surface area contributed by atoms with Crippen LogP contribution in [0.3, 0.4) is 0 Å². The lowest BCUT2D eigenvalue weighted by atomic mass is 10.0. The predicted octanol–water partition coefficient (Wildman–Crippen LogP) is -1.92. The first-order valence-corrected chi connectivity index (χ1v) is 11.5. The van der Waals surface area contributed by atoms with E-state index in [-0.39, 0.29) is 11.4 Å². The molecule has 3 N–H and O–H groups in total. The van der Waals surface area contributed by atoms with Crippen LogP contribution in [-0.4, -0.2) is 91.8 Å². The first kappa shape index (κ1) is 19.6. The summed E-state index contributed by atoms with van der Waals surface area (Å²) in [6.07, 6.45) is 0.912. The number of tetrazole rings is 1. The van der Waals surface area contributed by atoms with E-state index in [1.165, 1.54) is 23.5 Å². The van der Waals surface area contributed by atoms with Gasteiger partial charge in [-0.2, -0.15) is 5.21 Å². The van der Waals surface area contributed by atoms with Crippen molar-refractivity contribution < 1.29 is 27.9 Å². The average molecular weight is 434 g/mol. The first-order valence-electron chi connectivity index (χ1n) is 7.40. The van der Waals surface area contributed by atoms with Crippen LogP contribution in [0.4, 0.5) is 0 Å². The number of aliphatic carboxylic acids is 1. The molecule has 1 aromatic rings. The highest BCUT2D eigenvalue weighted by molar-refractivity contribution is 8.01. The summed E-state index contributed by atoms with van der Waals surface area (Å²) in [6, 6.07) is -0.954. The Kier molecular flexibility index (Phi) is 5.43. The number of nitrogens with zero attached hydrogens (tertiary/aromatic N) is 4. The Morgan fingerprint density at radius 1 is 1.48 bits per heavy atom. The summed E-state index contributed by atoms with van der Waals surface area (Å²) in [6.45, 7) is 0. The van der Waals surface area contributed by atoms with Crippen molar-refractivity contribution in [1.29, 1.82) is 0 Å². The number of aromatic amines is 1. The van der Waals surface area contributed by atoms with Gasteiger partial charge in [-0.25, -0.2) is 13.2 Å². The minimum Gasteiger partial charge on any atom is -0.477 e. The lowest BCUT2D eigenvalue weighted by Gasteiger charge is -2.49. The second-order valence-electron chi connectivity index (χ2n) is 5.77. The maximum Gasteiger partial charge on any atom is 0.352 e. The molecule has 0 bridgehead atoms. The van der Waals surface area contributed by atoms with Crippen LogP contribution in [0, 0.1) is 0 Å². The average Bonchev–Trinajstić information content (AvgIpc) is 3.08. The summed E-state index contributed by atoms with van der Waals surface area (Å²) in [7, 11) is -3.53. The highest BCUT2D eigenvalue weighted by Crippen LogP contribution is 2.41. The minimum atomic E-state index is -3.53. The first-order chi connectivity index (χ1) is 12.7. The fraction of sp³-hybridized carbons (Fsp3) is 0.500. The van der Waals surface area contributed by atoms with Crippen LogP contribution < -0.4 is 5.32 Å². The molecular weight excluding hydrogens is 420 g/mol. The van der Waals surface area contributed by atoms with Crippen LogP contribution in [0.25, 0.3) is 0 Å². The lowest BCUT2D eigenvalue weighted by molar-refractivity contribution is -0.150. The lowest BCUT2D eigenvalue weighted by Crippen LogP contribution is -2.70. The smallest absolute Gasteiger partial charge is 0.352 e. The molecular formula is C12H14N6O6S3. The van der Waals surface area contributed by atoms with E-state index in [9.17, 15) is 27.9 Å². The fourth-order valence-electron chi connectivity index (χ4n) is 2.61. The third kappa shape index (κ3) is 4.24. The molecule has 3 rings (SSSR count). The Hall–Kier alpha value is -2.13. The molecule has 0 aliphatic carbocycles. The Balaban J connectivity index is 1.72. The minimum absolute atomic E-state index is 0.131. The quantitative estimate of drug-likeness (QED) is 0.322. The van der Waals surface area contributed by atoms with E-state index in [0.29, 0.717) is 16.5 Å². The van der Waals surface area contributed by atoms with E-state index >= 15 is 0 Å². The van der Waals surface area contributed by atoms with Crippen molar-refractivity contribution >= 4 is 51.1 Å². The number of fused-ring (bicyclic) bond motifs is 1. The van der Waals surface area contributed by atoms with Crippen LogP contribution in [0.5, 0.6) is 0 Å². The number of thioether (sulfide) groups is 2. The number of rotatable bonds is 7. The molecule has 0 saturated carbocycles. The summed E-state index contributed by atoms with van der Waals surface area (Å²) in [5.41, 5.74) is 0.390. The third-order valence-corrected chi connectivity index (χ3v) is 6.71. The molecule has 1 saturated heterocycles. The third-order valence-electron chi connectivity index (χ3n) is 3.66. The van der Waals surface area contributed by atoms with Crippen molar-refractivity contribution in [3.8, 4) is 0 Å². The zero-order chi connectivity index (χ0) is 19.8. The maximum atomic E-state index is 12.4. The molecule has 1 fully saturated rings. The summed E-state index contributed by atoms with van der Waals surface area (Å²) in [5, 5.41) is 24.9. The highest BCUT2D eigenvalue weighted by atomic mass is 32.2. The van der Waals surface area contributed by atoms with Gasteiger partial charge in [0.25, 0.3) is 5.91 Å². The molecule has 0 aromatic carbocycles. The number of carboxylic acid groups (broad SMARTS) is 1. The van der Waals surface area contributed by atoms with Crippen LogP contribution >= 0.6 is 23.5 Å². The number of H-pyrrole nitrogens is 1. The Morgan fingerprint density at radius 3 is 2.81 bits per heavy atom. The predicted molar refractivity (Wildman–Crippen MR) is 94.3 cm³/mol. The number of sulfone groups is 1. The van der Waals surface area contributed by atoms with Crippen molar-refractivity contribution in [2.45, 2.75) is 16.6 Å². The molecule has 0 unspecified atom stereocenters. The largest absolute Gasteiger partial charge is 0.477 e. The number of nitrogens with one attached hydrogen (secondary N) is 2. The van der Waals surface area contributed by atoms with Crippen molar-refractivity contribution in [3.63, 3.8) is 0 Å². The van der Waals surface area contributed by atoms with Gasteiger partial charge in [0.1, 0.15) is 22.9 Å². The molecule has 2 aliphatic rings. The van der Waals surface area contributed by atoms with Crippen LogP contribution in [-0.2, 0) is 24.2 Å². The van der Waals surface area contributed by atoms with Gasteiger partial charge in [-0.05, 0) is 10.8 Å². The Bertz CT molecular complexity index is 914. The molecule has 27 heavy (non-hydrogen) atoms. The van der Waals surface area contributed by atoms with Gasteiger partial charge < -0.3 is 10.4 Å². The number of hydrogen-bond donors (Lipinski definition) is 3. The summed E-state index contributed by atoms with van der Waals surface area (Å²) in [4.78, 5) is 37.0. The highest BCUT2D eigenvalue weighted by Gasteiger charge is 2.54. The number of β-lactam (4-membered cyclic amide) rings is 1. The van der Waals surface area contributed by atoms with E-state index in [2.05, 4.69) is 25.9 Å². The van der Waals surface area contributed by atoms with Crippen molar-refractivity contribution in [2.75, 3.05) is 23.5 Å². The van der Waals surface area contributed by atoms with Gasteiger partial charge >= 0.3 is 5.97 Å². The fourth-order valence-corrected chi connectivity index (χ4v) is 5.39. The number of carboxylic acids is 1. The molecule has 3 heterocycles. The molecule has 0 radical (unpaired) electrons. The summed E-state index contributed by atoms with van der Waals surface area (Å²) >= 11 is 2.47. The van der Waals surface area contributed by atoms with Crippen molar-refractivity contribution in [3.05, 3.63) is 11.3 Å². The topological polar surface area (TPSA) is 175 Å². The number of carbonyl (C=O) groups excluding carboxylic acids is 2. The molecule has 1 aromatic heterocycles. The van der Waals surface area contributed by atoms with Gasteiger partial charge in [-0.1, -0.05) is 11.8 Å². The standard InChI is InChI=1S/C12H14N6O6S3/c1-27(23,24)4-6(19)13-7-9(20)18-8(11(21)22)5(2-25-10(7)18)3-26-12-14-16-17-15-12/h7,10H,2-4H2,1H3,(H,13,19)(H,21,22)(H,14,15,16,17)/t7-,10-/m1/s1. The number of hydrogen-bond acceptors (Lipinski definition) is 10. The summed E-state index contributed by atoms with van der Waals surface area (Å²) in [5.74, 6) is -2.78. The van der Waals surface area contributed by atoms with Crippen molar-refractivity contribution in [2.24, 2.45) is 0 Å². The van der Waals surface area contributed by atoms with Gasteiger partial charge in [0.2, 0.25) is 11.1 Å². The number of aromatic nitrogens is 4. The Morgan fingerprint density at radius 2 is 2.22 bits per heavy atom.